The molecule has 0 spiro atoms. The molecule has 134 valence electrons. The lowest BCUT2D eigenvalue weighted by molar-refractivity contribution is 0.259. The summed E-state index contributed by atoms with van der Waals surface area (Å²) in [4.78, 5) is 11.5. The molecule has 0 aliphatic carbocycles. The SMILES string of the molecule is Cc1ccc([C@@H]2CN(Cc3ccc(N(C)C)nc3)C[C@H]2N(C)C)cc1. The van der Waals surface area contributed by atoms with Gasteiger partial charge in [0.2, 0.25) is 0 Å². The average Bonchev–Trinajstić information content (AvgIpc) is 3.00. The van der Waals surface area contributed by atoms with E-state index in [2.05, 4.69) is 72.2 Å². The third-order valence-electron chi connectivity index (χ3n) is 5.21. The second-order valence-electron chi connectivity index (χ2n) is 7.66. The van der Waals surface area contributed by atoms with E-state index >= 15 is 0 Å². The van der Waals surface area contributed by atoms with E-state index < -0.39 is 0 Å². The number of likely N-dealkylation sites (N-methyl/N-ethyl adjacent to an activating group) is 1. The zero-order valence-electron chi connectivity index (χ0n) is 16.1. The Morgan fingerprint density at radius 3 is 2.28 bits per heavy atom. The molecule has 1 fully saturated rings. The van der Waals surface area contributed by atoms with Crippen molar-refractivity contribution in [3.05, 3.63) is 59.3 Å². The van der Waals surface area contributed by atoms with Gasteiger partial charge >= 0.3 is 0 Å². The molecule has 0 bridgehead atoms. The van der Waals surface area contributed by atoms with Gasteiger partial charge in [0, 0.05) is 51.9 Å². The van der Waals surface area contributed by atoms with Crippen LogP contribution in [0.4, 0.5) is 5.82 Å². The summed E-state index contributed by atoms with van der Waals surface area (Å²) < 4.78 is 0. The fourth-order valence-electron chi connectivity index (χ4n) is 3.69. The maximum atomic E-state index is 4.55. The van der Waals surface area contributed by atoms with Gasteiger partial charge in [-0.15, -0.1) is 0 Å². The third kappa shape index (κ3) is 4.20. The van der Waals surface area contributed by atoms with E-state index in [-0.39, 0.29) is 0 Å². The zero-order valence-corrected chi connectivity index (χ0v) is 16.1. The zero-order chi connectivity index (χ0) is 18.0. The van der Waals surface area contributed by atoms with Gasteiger partial charge in [-0.05, 0) is 38.2 Å². The van der Waals surface area contributed by atoms with Crippen molar-refractivity contribution in [1.82, 2.24) is 14.8 Å². The van der Waals surface area contributed by atoms with Crippen molar-refractivity contribution >= 4 is 5.82 Å². The first kappa shape index (κ1) is 17.9. The Balaban J connectivity index is 1.72. The number of anilines is 1. The van der Waals surface area contributed by atoms with Gasteiger partial charge in [0.1, 0.15) is 5.82 Å². The first-order chi connectivity index (χ1) is 11.9. The molecule has 3 rings (SSSR count). The van der Waals surface area contributed by atoms with E-state index in [4.69, 9.17) is 0 Å². The molecule has 25 heavy (non-hydrogen) atoms. The summed E-state index contributed by atoms with van der Waals surface area (Å²) >= 11 is 0. The summed E-state index contributed by atoms with van der Waals surface area (Å²) in [6.07, 6.45) is 2.01. The molecule has 1 aliphatic rings. The Labute approximate surface area is 152 Å². The van der Waals surface area contributed by atoms with Gasteiger partial charge in [-0.3, -0.25) is 4.90 Å². The van der Waals surface area contributed by atoms with Gasteiger partial charge in [-0.25, -0.2) is 4.98 Å². The lowest BCUT2D eigenvalue weighted by atomic mass is 9.93. The number of likely N-dealkylation sites (tertiary alicyclic amines) is 1. The van der Waals surface area contributed by atoms with E-state index in [0.717, 1.165) is 25.5 Å². The number of benzene rings is 1. The van der Waals surface area contributed by atoms with Crippen LogP contribution in [0, 0.1) is 6.92 Å². The second kappa shape index (κ2) is 7.54. The molecule has 0 radical (unpaired) electrons. The van der Waals surface area contributed by atoms with Crippen molar-refractivity contribution < 1.29 is 0 Å². The monoisotopic (exact) mass is 338 g/mol. The van der Waals surface area contributed by atoms with Crippen LogP contribution in [0.2, 0.25) is 0 Å². The van der Waals surface area contributed by atoms with Crippen molar-refractivity contribution in [3.8, 4) is 0 Å². The van der Waals surface area contributed by atoms with Crippen LogP contribution in [0.5, 0.6) is 0 Å². The third-order valence-corrected chi connectivity index (χ3v) is 5.21. The highest BCUT2D eigenvalue weighted by molar-refractivity contribution is 5.37. The minimum Gasteiger partial charge on any atom is -0.363 e. The van der Waals surface area contributed by atoms with Crippen molar-refractivity contribution in [1.29, 1.82) is 0 Å². The topological polar surface area (TPSA) is 22.6 Å². The Kier molecular flexibility index (Phi) is 5.40. The average molecular weight is 338 g/mol. The second-order valence-corrected chi connectivity index (χ2v) is 7.66. The number of nitrogens with zero attached hydrogens (tertiary/aromatic N) is 4. The number of aryl methyl sites for hydroxylation is 1. The molecule has 1 aromatic heterocycles. The van der Waals surface area contributed by atoms with Crippen molar-refractivity contribution in [3.63, 3.8) is 0 Å². The smallest absolute Gasteiger partial charge is 0.127 e. The van der Waals surface area contributed by atoms with E-state index in [0.29, 0.717) is 12.0 Å². The maximum Gasteiger partial charge on any atom is 0.127 e. The maximum absolute atomic E-state index is 4.55. The highest BCUT2D eigenvalue weighted by Crippen LogP contribution is 2.31. The Hall–Kier alpha value is -1.91. The summed E-state index contributed by atoms with van der Waals surface area (Å²) in [7, 11) is 8.44. The van der Waals surface area contributed by atoms with Crippen LogP contribution >= 0.6 is 0 Å². The van der Waals surface area contributed by atoms with Gasteiger partial charge in [0.05, 0.1) is 0 Å². The molecule has 4 heteroatoms. The largest absolute Gasteiger partial charge is 0.363 e. The fraction of sp³-hybridized carbons (Fsp3) is 0.476. The molecule has 2 atom stereocenters. The molecule has 1 saturated heterocycles. The minimum atomic E-state index is 0.553. The number of rotatable bonds is 5. The van der Waals surface area contributed by atoms with Crippen LogP contribution in [-0.2, 0) is 6.54 Å². The minimum absolute atomic E-state index is 0.553. The molecule has 0 amide bonds. The molecule has 2 heterocycles. The number of hydrogen-bond donors (Lipinski definition) is 0. The summed E-state index contributed by atoms with van der Waals surface area (Å²) in [5.74, 6) is 1.57. The summed E-state index contributed by atoms with van der Waals surface area (Å²) in [6.45, 7) is 5.31. The summed E-state index contributed by atoms with van der Waals surface area (Å²) in [6, 6.07) is 13.9. The van der Waals surface area contributed by atoms with E-state index in [1.165, 1.54) is 16.7 Å². The molecule has 4 nitrogen and oxygen atoms in total. The predicted molar refractivity (Wildman–Crippen MR) is 105 cm³/mol. The van der Waals surface area contributed by atoms with Gasteiger partial charge in [-0.2, -0.15) is 0 Å². The summed E-state index contributed by atoms with van der Waals surface area (Å²) in [5.41, 5.74) is 4.06. The number of hydrogen-bond acceptors (Lipinski definition) is 4. The quantitative estimate of drug-likeness (QED) is 0.836. The van der Waals surface area contributed by atoms with Crippen LogP contribution in [0.15, 0.2) is 42.6 Å². The normalized spacial score (nSPS) is 21.0. The number of pyridine rings is 1. The van der Waals surface area contributed by atoms with Crippen LogP contribution in [0.3, 0.4) is 0 Å². The lowest BCUT2D eigenvalue weighted by Crippen LogP contribution is -2.34. The first-order valence-corrected chi connectivity index (χ1v) is 9.01. The van der Waals surface area contributed by atoms with Gasteiger partial charge < -0.3 is 9.80 Å². The molecule has 1 aromatic carbocycles. The van der Waals surface area contributed by atoms with Crippen LogP contribution in [-0.4, -0.2) is 62.1 Å². The van der Waals surface area contributed by atoms with Gasteiger partial charge in [0.15, 0.2) is 0 Å². The molecular formula is C21H30N4. The van der Waals surface area contributed by atoms with Crippen LogP contribution in [0.25, 0.3) is 0 Å². The van der Waals surface area contributed by atoms with E-state index in [1.807, 2.05) is 25.2 Å². The highest BCUT2D eigenvalue weighted by Gasteiger charge is 2.34. The summed E-state index contributed by atoms with van der Waals surface area (Å²) in [5, 5.41) is 0. The van der Waals surface area contributed by atoms with Crippen LogP contribution in [0.1, 0.15) is 22.6 Å². The fourth-order valence-corrected chi connectivity index (χ4v) is 3.69. The molecule has 1 aliphatic heterocycles. The van der Waals surface area contributed by atoms with Crippen LogP contribution < -0.4 is 4.90 Å². The van der Waals surface area contributed by atoms with E-state index in [9.17, 15) is 0 Å². The Morgan fingerprint density at radius 1 is 1.00 bits per heavy atom. The molecule has 0 unspecified atom stereocenters. The predicted octanol–water partition coefficient (Wildman–Crippen LogP) is 2.99. The first-order valence-electron chi connectivity index (χ1n) is 9.01. The lowest BCUT2D eigenvalue weighted by Gasteiger charge is -2.25. The molecule has 0 saturated carbocycles. The molecular weight excluding hydrogens is 308 g/mol. The van der Waals surface area contributed by atoms with E-state index in [1.54, 1.807) is 0 Å². The molecule has 0 N–H and O–H groups in total. The Morgan fingerprint density at radius 2 is 1.72 bits per heavy atom. The Bertz CT molecular complexity index is 676. The van der Waals surface area contributed by atoms with Crippen molar-refractivity contribution in [2.45, 2.75) is 25.4 Å². The number of aromatic nitrogens is 1. The van der Waals surface area contributed by atoms with Gasteiger partial charge in [0.25, 0.3) is 0 Å². The van der Waals surface area contributed by atoms with Crippen molar-refractivity contribution in [2.24, 2.45) is 0 Å². The standard InChI is InChI=1S/C21H30N4/c1-16-6-9-18(10-7-16)19-14-25(15-20(19)23(2)3)13-17-8-11-21(22-12-17)24(4)5/h6-12,19-20H,13-15H2,1-5H3/t19-,20+/m0/s1. The highest BCUT2D eigenvalue weighted by atomic mass is 15.2. The molecule has 2 aromatic rings. The van der Waals surface area contributed by atoms with Crippen molar-refractivity contribution in [2.75, 3.05) is 46.2 Å². The van der Waals surface area contributed by atoms with Gasteiger partial charge in [-0.1, -0.05) is 35.9 Å².